The van der Waals surface area contributed by atoms with Crippen LogP contribution in [0.15, 0.2) is 73.2 Å². The first-order chi connectivity index (χ1) is 30.8. The van der Waals surface area contributed by atoms with E-state index >= 15 is 0 Å². The minimum absolute atomic E-state index is 0.0521. The van der Waals surface area contributed by atoms with Crippen LogP contribution in [0.2, 0.25) is 10.2 Å². The van der Waals surface area contributed by atoms with Crippen molar-refractivity contribution in [3.8, 4) is 56.9 Å². The highest BCUT2D eigenvalue weighted by Crippen LogP contribution is 2.55. The summed E-state index contributed by atoms with van der Waals surface area (Å²) in [6.07, 6.45) is 13.2. The van der Waals surface area contributed by atoms with Crippen LogP contribution in [0.5, 0.6) is 0 Å². The molecule has 2 amide bonds. The summed E-state index contributed by atoms with van der Waals surface area (Å²) in [5, 5.41) is 30.1. The van der Waals surface area contributed by atoms with Gasteiger partial charge in [-0.05, 0) is 83.9 Å². The average Bonchev–Trinajstić information content (AvgIpc) is 4.16. The topological polar surface area (TPSA) is 150 Å². The van der Waals surface area contributed by atoms with Crippen molar-refractivity contribution in [3.63, 3.8) is 0 Å². The van der Waals surface area contributed by atoms with E-state index in [9.17, 15) is 20.1 Å². The zero-order chi connectivity index (χ0) is 44.7. The van der Waals surface area contributed by atoms with E-state index in [4.69, 9.17) is 43.4 Å². The molecule has 6 heterocycles. The Bertz CT molecular complexity index is 3010. The van der Waals surface area contributed by atoms with Gasteiger partial charge in [-0.3, -0.25) is 19.0 Å². The first kappa shape index (κ1) is 41.7. The maximum atomic E-state index is 14.3. The minimum Gasteiger partial charge on any atom is -0.337 e. The van der Waals surface area contributed by atoms with Crippen LogP contribution in [0.4, 0.5) is 0 Å². The fourth-order valence-electron chi connectivity index (χ4n) is 11.1. The number of hydrogen-bond donors (Lipinski definition) is 0. The van der Waals surface area contributed by atoms with Gasteiger partial charge in [-0.1, -0.05) is 80.6 Å². The Labute approximate surface area is 382 Å². The molecule has 4 aliphatic rings. The quantitative estimate of drug-likeness (QED) is 0.139. The molecule has 14 heteroatoms. The Morgan fingerprint density at radius 3 is 2.27 bits per heavy atom. The van der Waals surface area contributed by atoms with Gasteiger partial charge < -0.3 is 9.80 Å². The number of hydrogen-bond acceptors (Lipinski definition) is 8. The Balaban J connectivity index is 0.948. The van der Waals surface area contributed by atoms with E-state index in [-0.39, 0.29) is 51.0 Å². The molecule has 2 aliphatic heterocycles. The molecular formula is C50H46Cl2N10O2. The molecule has 0 N–H and O–H groups in total. The number of carbonyl (C=O) groups excluding carboxylic acids is 2. The van der Waals surface area contributed by atoms with Gasteiger partial charge in [-0.25, -0.2) is 9.97 Å². The predicted molar refractivity (Wildman–Crippen MR) is 244 cm³/mol. The molecule has 2 saturated carbocycles. The van der Waals surface area contributed by atoms with Crippen molar-refractivity contribution < 1.29 is 9.59 Å². The van der Waals surface area contributed by atoms with Gasteiger partial charge >= 0.3 is 0 Å². The number of rotatable bonds is 9. The molecule has 322 valence electrons. The first-order valence-electron chi connectivity index (χ1n) is 21.8. The van der Waals surface area contributed by atoms with Gasteiger partial charge in [-0.15, -0.1) is 0 Å². The molecule has 10 rings (SSSR count). The molecule has 0 saturated heterocycles. The fourth-order valence-corrected chi connectivity index (χ4v) is 11.5. The van der Waals surface area contributed by atoms with Gasteiger partial charge in [-0.2, -0.15) is 20.7 Å². The maximum Gasteiger partial charge on any atom is 0.254 e. The van der Waals surface area contributed by atoms with Gasteiger partial charge in [0.15, 0.2) is 5.69 Å². The van der Waals surface area contributed by atoms with Crippen LogP contribution in [0.25, 0.3) is 44.8 Å². The lowest BCUT2D eigenvalue weighted by Gasteiger charge is -2.38. The van der Waals surface area contributed by atoms with Gasteiger partial charge in [0.1, 0.15) is 23.0 Å². The summed E-state index contributed by atoms with van der Waals surface area (Å²) in [7, 11) is 3.67. The van der Waals surface area contributed by atoms with Crippen LogP contribution >= 0.6 is 23.2 Å². The van der Waals surface area contributed by atoms with E-state index in [2.05, 4.69) is 32.1 Å². The summed E-state index contributed by atoms with van der Waals surface area (Å²) in [6, 6.07) is 21.2. The van der Waals surface area contributed by atoms with Crippen molar-refractivity contribution in [1.29, 1.82) is 10.5 Å². The standard InChI is InChI=1S/C50H46Cl2N10O2/c1-49(15-5-6-16-49)27-62-46(52)39(24-56-62)34-14-12-33(21-53)57-43(34)30-11-13-35-38(19-30)48(64)60(4)45(35)40-8-7-17-50(40,2)28-61-26-32(23-55-61)36-20-41(51)42(22-54)58-44(36)29-9-10-31-25-59(3)47(63)37(31)18-29/h9-14,18-20,23-24,26,40,45H,5-8,15-17,25,27-28H2,1-4H3. The summed E-state index contributed by atoms with van der Waals surface area (Å²) in [4.78, 5) is 40.2. The molecule has 2 aliphatic carbocycles. The Hall–Kier alpha value is -6.34. The molecule has 64 heavy (non-hydrogen) atoms. The number of aromatic nitrogens is 6. The largest absolute Gasteiger partial charge is 0.337 e. The van der Waals surface area contributed by atoms with Crippen LogP contribution in [0.3, 0.4) is 0 Å². The molecule has 6 aromatic rings. The van der Waals surface area contributed by atoms with E-state index in [0.717, 1.165) is 72.0 Å². The van der Waals surface area contributed by atoms with Gasteiger partial charge in [0, 0.05) is 84.4 Å². The monoisotopic (exact) mass is 888 g/mol. The van der Waals surface area contributed by atoms with E-state index in [1.54, 1.807) is 36.5 Å². The Morgan fingerprint density at radius 2 is 1.50 bits per heavy atom. The average molecular weight is 890 g/mol. The van der Waals surface area contributed by atoms with E-state index in [0.29, 0.717) is 51.9 Å². The number of halogens is 2. The van der Waals surface area contributed by atoms with Crippen molar-refractivity contribution in [2.45, 2.75) is 84.5 Å². The summed E-state index contributed by atoms with van der Waals surface area (Å²) in [5.74, 6) is 0.0263. The van der Waals surface area contributed by atoms with Crippen molar-refractivity contribution in [2.24, 2.45) is 16.7 Å². The number of benzene rings is 2. The van der Waals surface area contributed by atoms with Crippen molar-refractivity contribution in [3.05, 3.63) is 117 Å². The third-order valence-corrected chi connectivity index (χ3v) is 15.2. The molecule has 3 unspecified atom stereocenters. The maximum absolute atomic E-state index is 14.3. The second-order valence-electron chi connectivity index (χ2n) is 18.8. The number of nitriles is 2. The van der Waals surface area contributed by atoms with E-state index in [1.165, 1.54) is 12.8 Å². The molecule has 0 bridgehead atoms. The SMILES string of the molecule is CN1Cc2ccc(-c3nc(C#N)c(Cl)cc3-c3cnn(CC4(C)CCCC4C4c5ccc(-c6nc(C#N)ccc6-c6cnn(CC7(C)CCCC7)c6Cl)cc5C(=O)N4C)c3)cc2C1=O. The molecule has 3 atom stereocenters. The molecule has 2 fully saturated rings. The number of amides is 2. The van der Waals surface area contributed by atoms with Crippen molar-refractivity contribution in [1.82, 2.24) is 39.3 Å². The zero-order valence-corrected chi connectivity index (χ0v) is 37.7. The summed E-state index contributed by atoms with van der Waals surface area (Å²) in [6.45, 7) is 6.47. The van der Waals surface area contributed by atoms with Crippen molar-refractivity contribution in [2.75, 3.05) is 14.1 Å². The van der Waals surface area contributed by atoms with Gasteiger partial charge in [0.25, 0.3) is 11.8 Å². The van der Waals surface area contributed by atoms with Crippen molar-refractivity contribution >= 4 is 35.0 Å². The predicted octanol–water partition coefficient (Wildman–Crippen LogP) is 10.4. The summed E-state index contributed by atoms with van der Waals surface area (Å²) >= 11 is 13.7. The molecule has 12 nitrogen and oxygen atoms in total. The summed E-state index contributed by atoms with van der Waals surface area (Å²) in [5.41, 5.74) is 9.03. The normalized spacial score (nSPS) is 21.1. The van der Waals surface area contributed by atoms with Gasteiger partial charge in [0.05, 0.1) is 34.8 Å². The minimum atomic E-state index is -0.221. The fraction of sp³-hybridized carbons (Fsp3) is 0.360. The molecular weight excluding hydrogens is 844 g/mol. The number of carbonyl (C=O) groups is 2. The molecule has 4 aromatic heterocycles. The van der Waals surface area contributed by atoms with Crippen LogP contribution in [-0.2, 0) is 19.6 Å². The highest BCUT2D eigenvalue weighted by Gasteiger charge is 2.49. The first-order valence-corrected chi connectivity index (χ1v) is 22.6. The summed E-state index contributed by atoms with van der Waals surface area (Å²) < 4.78 is 3.84. The lowest BCUT2D eigenvalue weighted by Crippen LogP contribution is -2.37. The molecule has 0 spiro atoms. The molecule has 0 radical (unpaired) electrons. The zero-order valence-electron chi connectivity index (χ0n) is 36.2. The van der Waals surface area contributed by atoms with E-state index < -0.39 is 0 Å². The smallest absolute Gasteiger partial charge is 0.254 e. The van der Waals surface area contributed by atoms with Crippen LogP contribution in [0, 0.1) is 39.4 Å². The molecule has 2 aromatic carbocycles. The third kappa shape index (κ3) is 6.95. The number of pyridine rings is 2. The highest BCUT2D eigenvalue weighted by atomic mass is 35.5. The number of nitrogens with zero attached hydrogens (tertiary/aromatic N) is 10. The second-order valence-corrected chi connectivity index (χ2v) is 19.6. The van der Waals surface area contributed by atoms with Crippen LogP contribution < -0.4 is 0 Å². The highest BCUT2D eigenvalue weighted by molar-refractivity contribution is 6.32. The Kier molecular flexibility index (Phi) is 10.2. The van der Waals surface area contributed by atoms with E-state index in [1.807, 2.05) is 63.9 Å². The van der Waals surface area contributed by atoms with Crippen LogP contribution in [0.1, 0.15) is 108 Å². The number of fused-ring (bicyclic) bond motifs is 2. The Morgan fingerprint density at radius 1 is 0.750 bits per heavy atom. The third-order valence-electron chi connectivity index (χ3n) is 14.5. The lowest BCUT2D eigenvalue weighted by atomic mass is 9.73. The second kappa shape index (κ2) is 15.7. The lowest BCUT2D eigenvalue weighted by molar-refractivity contribution is 0.0583. The van der Waals surface area contributed by atoms with Crippen LogP contribution in [-0.4, -0.2) is 65.2 Å². The van der Waals surface area contributed by atoms with Gasteiger partial charge in [0.2, 0.25) is 0 Å².